The third-order valence-electron chi connectivity index (χ3n) is 6.82. The van der Waals surface area contributed by atoms with E-state index in [1.807, 2.05) is 42.5 Å². The van der Waals surface area contributed by atoms with Gasteiger partial charge in [-0.2, -0.15) is 5.10 Å². The number of halogens is 2. The van der Waals surface area contributed by atoms with E-state index in [1.54, 1.807) is 4.90 Å². The van der Waals surface area contributed by atoms with Crippen molar-refractivity contribution in [1.29, 1.82) is 0 Å². The molecular weight excluding hydrogens is 509 g/mol. The first-order valence-corrected chi connectivity index (χ1v) is 13.2. The molecule has 1 fully saturated rings. The van der Waals surface area contributed by atoms with Gasteiger partial charge >= 0.3 is 6.03 Å². The Hall–Kier alpha value is -3.02. The van der Waals surface area contributed by atoms with Gasteiger partial charge in [0.25, 0.3) is 0 Å². The zero-order valence-electron chi connectivity index (χ0n) is 20.6. The molecule has 0 radical (unpaired) electrons. The van der Waals surface area contributed by atoms with Gasteiger partial charge in [-0.25, -0.2) is 4.79 Å². The molecule has 9 heteroatoms. The van der Waals surface area contributed by atoms with Crippen molar-refractivity contribution in [3.05, 3.63) is 74.9 Å². The number of urea groups is 1. The zero-order valence-corrected chi connectivity index (χ0v) is 22.1. The number of amides is 2. The molecule has 1 aromatic heterocycles. The minimum atomic E-state index is -0.415. The highest BCUT2D eigenvalue weighted by atomic mass is 35.5. The van der Waals surface area contributed by atoms with E-state index in [9.17, 15) is 4.79 Å². The van der Waals surface area contributed by atoms with Crippen molar-refractivity contribution in [3.8, 4) is 23.1 Å². The lowest BCUT2D eigenvalue weighted by Gasteiger charge is -2.27. The fourth-order valence-corrected chi connectivity index (χ4v) is 5.10. The van der Waals surface area contributed by atoms with E-state index < -0.39 is 6.03 Å². The van der Waals surface area contributed by atoms with Crippen molar-refractivity contribution in [2.45, 2.75) is 25.9 Å². The Morgan fingerprint density at radius 3 is 2.57 bits per heavy atom. The number of benzene rings is 2. The van der Waals surface area contributed by atoms with Crippen molar-refractivity contribution in [3.63, 3.8) is 0 Å². The lowest BCUT2D eigenvalue weighted by molar-refractivity contribution is 0.0368. The van der Waals surface area contributed by atoms with Gasteiger partial charge in [0.05, 0.1) is 30.5 Å². The van der Waals surface area contributed by atoms with Gasteiger partial charge in [-0.05, 0) is 42.8 Å². The Morgan fingerprint density at radius 2 is 1.81 bits per heavy atom. The summed E-state index contributed by atoms with van der Waals surface area (Å²) in [6.07, 6.45) is 1.71. The second-order valence-electron chi connectivity index (χ2n) is 9.27. The number of aromatic nitrogens is 2. The van der Waals surface area contributed by atoms with Crippen LogP contribution in [0.2, 0.25) is 10.0 Å². The number of nitrogens with zero attached hydrogens (tertiary/aromatic N) is 4. The predicted octanol–water partition coefficient (Wildman–Crippen LogP) is 4.42. The van der Waals surface area contributed by atoms with Gasteiger partial charge in [0.2, 0.25) is 0 Å². The van der Waals surface area contributed by atoms with Gasteiger partial charge in [0.1, 0.15) is 0 Å². The van der Waals surface area contributed by atoms with Crippen LogP contribution in [0.25, 0.3) is 11.3 Å². The molecule has 37 heavy (non-hydrogen) atoms. The molecule has 2 aliphatic rings. The summed E-state index contributed by atoms with van der Waals surface area (Å²) in [6.45, 7) is 6.39. The smallest absolute Gasteiger partial charge is 0.315 e. The number of nitrogens with two attached hydrogens (primary N) is 1. The summed E-state index contributed by atoms with van der Waals surface area (Å²) < 4.78 is 7.57. The molecule has 2 amide bonds. The van der Waals surface area contributed by atoms with Crippen LogP contribution in [0.4, 0.5) is 4.79 Å². The fraction of sp³-hybridized carbons (Fsp3) is 0.357. The van der Waals surface area contributed by atoms with E-state index in [0.29, 0.717) is 28.7 Å². The highest BCUT2D eigenvalue weighted by molar-refractivity contribution is 6.32. The number of ether oxygens (including phenoxy) is 1. The molecule has 0 unspecified atom stereocenters. The van der Waals surface area contributed by atoms with Crippen LogP contribution in [0.15, 0.2) is 42.5 Å². The average molecular weight is 538 g/mol. The second kappa shape index (κ2) is 11.6. The van der Waals surface area contributed by atoms with Crippen molar-refractivity contribution < 1.29 is 9.53 Å². The monoisotopic (exact) mass is 537 g/mol. The number of primary amides is 1. The number of hydrogen-bond acceptors (Lipinski definition) is 4. The zero-order chi connectivity index (χ0) is 25.8. The SMILES string of the molecule is NC(=O)N1CCc2c(c(-c3ccc(Cl)c(C#Cc4ccc(Cl)cc4)c3)nn2CCCN2CCOCC2)C1. The van der Waals surface area contributed by atoms with Crippen LogP contribution in [0.3, 0.4) is 0 Å². The molecule has 3 aromatic rings. The van der Waals surface area contributed by atoms with Crippen LogP contribution in [0.1, 0.15) is 28.8 Å². The van der Waals surface area contributed by atoms with Crippen molar-refractivity contribution in [2.24, 2.45) is 5.73 Å². The Kier molecular flexibility index (Phi) is 8.02. The molecule has 0 bridgehead atoms. The van der Waals surface area contributed by atoms with Crippen LogP contribution in [-0.2, 0) is 24.2 Å². The molecule has 0 atom stereocenters. The van der Waals surface area contributed by atoms with Crippen LogP contribution in [-0.4, -0.2) is 65.0 Å². The Labute approximate surface area is 227 Å². The van der Waals surface area contributed by atoms with E-state index in [4.69, 9.17) is 38.8 Å². The molecule has 5 rings (SSSR count). The first-order chi connectivity index (χ1) is 18.0. The minimum Gasteiger partial charge on any atom is -0.379 e. The van der Waals surface area contributed by atoms with Gasteiger partial charge in [-0.15, -0.1) is 0 Å². The molecule has 2 aromatic carbocycles. The lowest BCUT2D eigenvalue weighted by atomic mass is 9.99. The number of rotatable bonds is 5. The number of fused-ring (bicyclic) bond motifs is 1. The molecule has 0 aliphatic carbocycles. The largest absolute Gasteiger partial charge is 0.379 e. The number of morpholine rings is 1. The van der Waals surface area contributed by atoms with Gasteiger partial charge in [-0.1, -0.05) is 41.1 Å². The van der Waals surface area contributed by atoms with E-state index in [2.05, 4.69) is 21.4 Å². The minimum absolute atomic E-state index is 0.415. The molecule has 2 aliphatic heterocycles. The molecule has 7 nitrogen and oxygen atoms in total. The highest BCUT2D eigenvalue weighted by Crippen LogP contribution is 2.32. The van der Waals surface area contributed by atoms with Crippen molar-refractivity contribution >= 4 is 29.2 Å². The molecular formula is C28H29Cl2N5O2. The highest BCUT2D eigenvalue weighted by Gasteiger charge is 2.27. The standard InChI is InChI=1S/C28H29Cl2N5O2/c29-23-7-3-20(4-8-23)2-5-21-18-22(6-9-25(21)30)27-24-19-34(28(31)36)13-10-26(24)35(32-27)12-1-11-33-14-16-37-17-15-33/h3-4,6-9,18H,1,10-17,19H2,(H2,31,36). The maximum atomic E-state index is 12.0. The van der Waals surface area contributed by atoms with E-state index in [1.165, 1.54) is 5.69 Å². The number of aryl methyl sites for hydroxylation is 1. The van der Waals surface area contributed by atoms with Crippen LogP contribution < -0.4 is 5.73 Å². The number of carbonyl (C=O) groups is 1. The molecule has 0 spiro atoms. The average Bonchev–Trinajstić information content (AvgIpc) is 3.27. The molecule has 1 saturated heterocycles. The summed E-state index contributed by atoms with van der Waals surface area (Å²) >= 11 is 12.5. The third-order valence-corrected chi connectivity index (χ3v) is 7.40. The first-order valence-electron chi connectivity index (χ1n) is 12.5. The van der Waals surface area contributed by atoms with Gasteiger partial charge in [0, 0.05) is 72.1 Å². The Balaban J connectivity index is 1.43. The number of hydrogen-bond donors (Lipinski definition) is 1. The summed E-state index contributed by atoms with van der Waals surface area (Å²) in [6, 6.07) is 12.7. The van der Waals surface area contributed by atoms with Crippen LogP contribution in [0, 0.1) is 11.8 Å². The van der Waals surface area contributed by atoms with Crippen molar-refractivity contribution in [1.82, 2.24) is 19.6 Å². The topological polar surface area (TPSA) is 76.6 Å². The first kappa shape index (κ1) is 25.6. The summed E-state index contributed by atoms with van der Waals surface area (Å²) in [4.78, 5) is 16.1. The van der Waals surface area contributed by atoms with Gasteiger partial charge in [0.15, 0.2) is 0 Å². The lowest BCUT2D eigenvalue weighted by Crippen LogP contribution is -2.40. The predicted molar refractivity (Wildman–Crippen MR) is 146 cm³/mol. The van der Waals surface area contributed by atoms with Gasteiger partial charge in [-0.3, -0.25) is 9.58 Å². The fourth-order valence-electron chi connectivity index (χ4n) is 4.81. The maximum absolute atomic E-state index is 12.0. The molecule has 3 heterocycles. The van der Waals surface area contributed by atoms with E-state index in [-0.39, 0.29) is 0 Å². The molecule has 2 N–H and O–H groups in total. The second-order valence-corrected chi connectivity index (χ2v) is 10.1. The Bertz CT molecular complexity index is 1340. The van der Waals surface area contributed by atoms with Crippen molar-refractivity contribution in [2.75, 3.05) is 39.4 Å². The Morgan fingerprint density at radius 1 is 1.03 bits per heavy atom. The summed E-state index contributed by atoms with van der Waals surface area (Å²) in [5.41, 5.74) is 11.2. The van der Waals surface area contributed by atoms with Crippen LogP contribution >= 0.6 is 23.2 Å². The molecule has 192 valence electrons. The van der Waals surface area contributed by atoms with E-state index >= 15 is 0 Å². The third kappa shape index (κ3) is 6.11. The molecule has 0 saturated carbocycles. The van der Waals surface area contributed by atoms with Crippen LogP contribution in [0.5, 0.6) is 0 Å². The quantitative estimate of drug-likeness (QED) is 0.489. The summed E-state index contributed by atoms with van der Waals surface area (Å²) in [7, 11) is 0. The van der Waals surface area contributed by atoms with Gasteiger partial charge < -0.3 is 15.4 Å². The normalized spacial score (nSPS) is 15.7. The summed E-state index contributed by atoms with van der Waals surface area (Å²) in [5, 5.41) is 6.27. The summed E-state index contributed by atoms with van der Waals surface area (Å²) in [5.74, 6) is 6.34. The van der Waals surface area contributed by atoms with E-state index in [0.717, 1.165) is 74.6 Å². The number of carbonyl (C=O) groups excluding carboxylic acids is 1. The maximum Gasteiger partial charge on any atom is 0.315 e.